The van der Waals surface area contributed by atoms with Gasteiger partial charge in [0, 0.05) is 36.0 Å². The zero-order valence-electron chi connectivity index (χ0n) is 20.0. The first-order valence-electron chi connectivity index (χ1n) is 12.1. The molecule has 0 radical (unpaired) electrons. The largest absolute Gasteiger partial charge is 0.494 e. The Morgan fingerprint density at radius 3 is 2.53 bits per heavy atom. The molecular weight excluding hydrogens is 454 g/mol. The van der Waals surface area contributed by atoms with E-state index in [1.54, 1.807) is 25.1 Å². The SMILES string of the molecule is CCOC(=O)c1ccc2c(C(=Nc3ccc(CN4CCCC4=O)cc3)c3ccccc3)c(O)[nH]c2c1. The number of benzene rings is 3. The number of aromatic amines is 1. The first kappa shape index (κ1) is 23.4. The van der Waals surface area contributed by atoms with Gasteiger partial charge in [0.05, 0.1) is 29.1 Å². The van der Waals surface area contributed by atoms with Crippen molar-refractivity contribution in [2.24, 2.45) is 4.99 Å². The van der Waals surface area contributed by atoms with Gasteiger partial charge in [-0.15, -0.1) is 0 Å². The number of aromatic hydroxyl groups is 1. The van der Waals surface area contributed by atoms with Crippen LogP contribution in [0.3, 0.4) is 0 Å². The molecule has 0 bridgehead atoms. The molecule has 1 aliphatic rings. The molecule has 0 atom stereocenters. The lowest BCUT2D eigenvalue weighted by Gasteiger charge is -2.15. The highest BCUT2D eigenvalue weighted by Gasteiger charge is 2.21. The number of esters is 1. The highest BCUT2D eigenvalue weighted by Crippen LogP contribution is 2.32. The Bertz CT molecular complexity index is 1440. The monoisotopic (exact) mass is 481 g/mol. The molecule has 7 heteroatoms. The molecule has 4 aromatic rings. The highest BCUT2D eigenvalue weighted by molar-refractivity contribution is 6.22. The van der Waals surface area contributed by atoms with Crippen molar-refractivity contribution in [2.45, 2.75) is 26.3 Å². The number of aromatic nitrogens is 1. The predicted molar refractivity (Wildman–Crippen MR) is 139 cm³/mol. The summed E-state index contributed by atoms with van der Waals surface area (Å²) in [6.45, 7) is 3.45. The number of amides is 1. The molecule has 0 spiro atoms. The van der Waals surface area contributed by atoms with Gasteiger partial charge in [-0.3, -0.25) is 4.79 Å². The average Bonchev–Trinajstić information content (AvgIpc) is 3.45. The van der Waals surface area contributed by atoms with Crippen molar-refractivity contribution in [1.29, 1.82) is 0 Å². The summed E-state index contributed by atoms with van der Waals surface area (Å²) in [5.41, 5.74) is 4.79. The number of likely N-dealkylation sites (tertiary alicyclic amines) is 1. The molecule has 2 heterocycles. The van der Waals surface area contributed by atoms with Crippen LogP contribution in [0.2, 0.25) is 0 Å². The van der Waals surface area contributed by atoms with E-state index in [4.69, 9.17) is 9.73 Å². The normalized spacial score (nSPS) is 14.0. The van der Waals surface area contributed by atoms with Gasteiger partial charge in [0.2, 0.25) is 5.91 Å². The fraction of sp³-hybridized carbons (Fsp3) is 0.207. The lowest BCUT2D eigenvalue weighted by atomic mass is 10.00. The van der Waals surface area contributed by atoms with E-state index in [-0.39, 0.29) is 18.4 Å². The summed E-state index contributed by atoms with van der Waals surface area (Å²) in [7, 11) is 0. The van der Waals surface area contributed by atoms with Crippen molar-refractivity contribution in [2.75, 3.05) is 13.2 Å². The number of rotatable bonds is 7. The number of nitrogens with one attached hydrogen (secondary N) is 1. The number of hydrogen-bond donors (Lipinski definition) is 2. The Kier molecular flexibility index (Phi) is 6.54. The standard InChI is InChI=1S/C29H27N3O4/c1-2-36-29(35)21-12-15-23-24(17-21)31-28(34)26(23)27(20-7-4-3-5-8-20)30-22-13-10-19(11-14-22)18-32-16-6-9-25(32)33/h3-5,7-8,10-15,17,31,34H,2,6,9,16,18H2,1H3. The number of carbonyl (C=O) groups excluding carboxylic acids is 2. The van der Waals surface area contributed by atoms with Gasteiger partial charge in [0.15, 0.2) is 5.88 Å². The lowest BCUT2D eigenvalue weighted by Crippen LogP contribution is -2.23. The van der Waals surface area contributed by atoms with Crippen molar-refractivity contribution in [1.82, 2.24) is 9.88 Å². The van der Waals surface area contributed by atoms with Gasteiger partial charge < -0.3 is 19.7 Å². The third-order valence-electron chi connectivity index (χ3n) is 6.30. The molecule has 182 valence electrons. The molecular formula is C29H27N3O4. The van der Waals surface area contributed by atoms with E-state index in [0.29, 0.717) is 35.3 Å². The Balaban J connectivity index is 1.54. The van der Waals surface area contributed by atoms with Crippen LogP contribution >= 0.6 is 0 Å². The van der Waals surface area contributed by atoms with Crippen LogP contribution in [-0.4, -0.2) is 45.7 Å². The molecule has 1 aromatic heterocycles. The van der Waals surface area contributed by atoms with E-state index >= 15 is 0 Å². The summed E-state index contributed by atoms with van der Waals surface area (Å²) in [6, 6.07) is 22.6. The van der Waals surface area contributed by atoms with Gasteiger partial charge >= 0.3 is 5.97 Å². The smallest absolute Gasteiger partial charge is 0.338 e. The van der Waals surface area contributed by atoms with Gasteiger partial charge in [0.25, 0.3) is 0 Å². The number of carbonyl (C=O) groups is 2. The summed E-state index contributed by atoms with van der Waals surface area (Å²) in [5.74, 6) is -0.245. The minimum atomic E-state index is -0.414. The first-order chi connectivity index (χ1) is 17.5. The van der Waals surface area contributed by atoms with E-state index in [1.807, 2.05) is 59.5 Å². The zero-order chi connectivity index (χ0) is 25.1. The summed E-state index contributed by atoms with van der Waals surface area (Å²) in [6.07, 6.45) is 1.54. The van der Waals surface area contributed by atoms with Gasteiger partial charge in [-0.1, -0.05) is 48.5 Å². The first-order valence-corrected chi connectivity index (χ1v) is 12.1. The average molecular weight is 482 g/mol. The van der Waals surface area contributed by atoms with Crippen LogP contribution in [0.15, 0.2) is 77.8 Å². The molecule has 0 unspecified atom stereocenters. The highest BCUT2D eigenvalue weighted by atomic mass is 16.5. The fourth-order valence-electron chi connectivity index (χ4n) is 4.52. The van der Waals surface area contributed by atoms with Gasteiger partial charge in [0.1, 0.15) is 0 Å². The van der Waals surface area contributed by atoms with Crippen LogP contribution in [0.1, 0.15) is 46.8 Å². The molecule has 36 heavy (non-hydrogen) atoms. The van der Waals surface area contributed by atoms with Crippen LogP contribution < -0.4 is 0 Å². The van der Waals surface area contributed by atoms with Crippen molar-refractivity contribution < 1.29 is 19.4 Å². The predicted octanol–water partition coefficient (Wildman–Crippen LogP) is 5.34. The molecule has 5 rings (SSSR count). The molecule has 2 N–H and O–H groups in total. The van der Waals surface area contributed by atoms with Gasteiger partial charge in [-0.05, 0) is 43.2 Å². The van der Waals surface area contributed by atoms with Crippen LogP contribution in [0.5, 0.6) is 5.88 Å². The topological polar surface area (TPSA) is 95.0 Å². The van der Waals surface area contributed by atoms with Crippen molar-refractivity contribution in [3.05, 3.63) is 95.1 Å². The number of aliphatic imine (C=N–C) groups is 1. The van der Waals surface area contributed by atoms with Gasteiger partial charge in [-0.2, -0.15) is 0 Å². The molecule has 1 saturated heterocycles. The Labute approximate surface area is 209 Å². The Morgan fingerprint density at radius 1 is 1.06 bits per heavy atom. The van der Waals surface area contributed by atoms with Crippen LogP contribution in [0.25, 0.3) is 10.9 Å². The number of ether oxygens (including phenoxy) is 1. The van der Waals surface area contributed by atoms with E-state index < -0.39 is 5.97 Å². The van der Waals surface area contributed by atoms with Crippen LogP contribution in [0, 0.1) is 0 Å². The minimum absolute atomic E-state index is 0.0298. The summed E-state index contributed by atoms with van der Waals surface area (Å²) >= 11 is 0. The summed E-state index contributed by atoms with van der Waals surface area (Å²) in [4.78, 5) is 33.9. The third-order valence-corrected chi connectivity index (χ3v) is 6.30. The second-order valence-corrected chi connectivity index (χ2v) is 8.74. The molecule has 1 amide bonds. The summed E-state index contributed by atoms with van der Waals surface area (Å²) in [5, 5.41) is 11.7. The second-order valence-electron chi connectivity index (χ2n) is 8.74. The van der Waals surface area contributed by atoms with Gasteiger partial charge in [-0.25, -0.2) is 9.79 Å². The van der Waals surface area contributed by atoms with Crippen LogP contribution in [-0.2, 0) is 16.1 Å². The maximum absolute atomic E-state index is 12.2. The van der Waals surface area contributed by atoms with Crippen molar-refractivity contribution >= 4 is 34.2 Å². The summed E-state index contributed by atoms with van der Waals surface area (Å²) < 4.78 is 5.11. The number of H-pyrrole nitrogens is 1. The van der Waals surface area contributed by atoms with Crippen molar-refractivity contribution in [3.8, 4) is 5.88 Å². The van der Waals surface area contributed by atoms with E-state index in [2.05, 4.69) is 4.98 Å². The zero-order valence-corrected chi connectivity index (χ0v) is 20.0. The molecule has 0 aliphatic carbocycles. The lowest BCUT2D eigenvalue weighted by molar-refractivity contribution is -0.128. The van der Waals surface area contributed by atoms with Crippen molar-refractivity contribution in [3.63, 3.8) is 0 Å². The maximum Gasteiger partial charge on any atom is 0.338 e. The number of fused-ring (bicyclic) bond motifs is 1. The molecule has 3 aromatic carbocycles. The van der Waals surface area contributed by atoms with E-state index in [0.717, 1.165) is 35.2 Å². The Morgan fingerprint density at radius 2 is 1.83 bits per heavy atom. The number of nitrogens with zero attached hydrogens (tertiary/aromatic N) is 2. The Hall–Kier alpha value is -4.39. The number of hydrogen-bond acceptors (Lipinski definition) is 5. The molecule has 0 saturated carbocycles. The van der Waals surface area contributed by atoms with E-state index in [1.165, 1.54) is 0 Å². The minimum Gasteiger partial charge on any atom is -0.494 e. The third kappa shape index (κ3) is 4.73. The maximum atomic E-state index is 12.2. The second kappa shape index (κ2) is 10.1. The van der Waals surface area contributed by atoms with E-state index in [9.17, 15) is 14.7 Å². The fourth-order valence-corrected chi connectivity index (χ4v) is 4.52. The van der Waals surface area contributed by atoms with Crippen LogP contribution in [0.4, 0.5) is 5.69 Å². The molecule has 7 nitrogen and oxygen atoms in total. The molecule has 1 aliphatic heterocycles. The molecule has 1 fully saturated rings. The quantitative estimate of drug-likeness (QED) is 0.275.